The molecule has 2 atom stereocenters. The first-order valence-corrected chi connectivity index (χ1v) is 8.04. The van der Waals surface area contributed by atoms with Gasteiger partial charge in [0.25, 0.3) is 0 Å². The third-order valence-electron chi connectivity index (χ3n) is 3.80. The van der Waals surface area contributed by atoms with E-state index in [1.807, 2.05) is 0 Å². The van der Waals surface area contributed by atoms with Crippen LogP contribution in [0.3, 0.4) is 0 Å². The van der Waals surface area contributed by atoms with Crippen molar-refractivity contribution in [2.75, 3.05) is 6.61 Å². The molecule has 0 N–H and O–H groups in total. The SMILES string of the molecule is CCCCCCCCCCC1CCCOC1Cl. The van der Waals surface area contributed by atoms with Gasteiger partial charge in [-0.3, -0.25) is 0 Å². The van der Waals surface area contributed by atoms with Gasteiger partial charge in [0.05, 0.1) is 0 Å². The zero-order valence-electron chi connectivity index (χ0n) is 11.4. The summed E-state index contributed by atoms with van der Waals surface area (Å²) in [4.78, 5) is 0. The summed E-state index contributed by atoms with van der Waals surface area (Å²) in [6.45, 7) is 3.14. The standard InChI is InChI=1S/C15H29ClO/c1-2-3-4-5-6-7-8-9-11-14-12-10-13-17-15(14)16/h14-15H,2-13H2,1H3. The van der Waals surface area contributed by atoms with Crippen LogP contribution in [0.25, 0.3) is 0 Å². The third-order valence-corrected chi connectivity index (χ3v) is 4.28. The molecule has 0 saturated carbocycles. The molecular weight excluding hydrogens is 232 g/mol. The van der Waals surface area contributed by atoms with E-state index in [9.17, 15) is 0 Å². The van der Waals surface area contributed by atoms with Gasteiger partial charge in [-0.05, 0) is 25.2 Å². The van der Waals surface area contributed by atoms with Gasteiger partial charge in [0.15, 0.2) is 0 Å². The van der Waals surface area contributed by atoms with Crippen LogP contribution in [0.15, 0.2) is 0 Å². The van der Waals surface area contributed by atoms with E-state index in [1.165, 1.54) is 70.6 Å². The average Bonchev–Trinajstić information content (AvgIpc) is 2.35. The minimum Gasteiger partial charge on any atom is -0.362 e. The van der Waals surface area contributed by atoms with Crippen molar-refractivity contribution >= 4 is 11.6 Å². The quantitative estimate of drug-likeness (QED) is 0.392. The highest BCUT2D eigenvalue weighted by atomic mass is 35.5. The van der Waals surface area contributed by atoms with Crippen LogP contribution in [0.4, 0.5) is 0 Å². The molecular formula is C15H29ClO. The highest BCUT2D eigenvalue weighted by molar-refractivity contribution is 6.19. The van der Waals surface area contributed by atoms with E-state index in [-0.39, 0.29) is 5.56 Å². The predicted octanol–water partition coefficient (Wildman–Crippen LogP) is 5.51. The fourth-order valence-electron chi connectivity index (χ4n) is 2.62. The molecule has 2 heteroatoms. The first-order chi connectivity index (χ1) is 8.34. The summed E-state index contributed by atoms with van der Waals surface area (Å²) in [5.74, 6) is 0.616. The Balaban J connectivity index is 1.86. The molecule has 0 radical (unpaired) electrons. The largest absolute Gasteiger partial charge is 0.362 e. The Labute approximate surface area is 112 Å². The highest BCUT2D eigenvalue weighted by Gasteiger charge is 2.22. The van der Waals surface area contributed by atoms with E-state index in [0.29, 0.717) is 5.92 Å². The molecule has 0 spiro atoms. The molecule has 0 aliphatic carbocycles. The molecule has 1 saturated heterocycles. The summed E-state index contributed by atoms with van der Waals surface area (Å²) in [5.41, 5.74) is -0.00620. The number of rotatable bonds is 9. The van der Waals surface area contributed by atoms with Crippen molar-refractivity contribution < 1.29 is 4.74 Å². The zero-order valence-corrected chi connectivity index (χ0v) is 12.2. The second-order valence-electron chi connectivity index (χ2n) is 5.39. The minimum atomic E-state index is -0.00620. The van der Waals surface area contributed by atoms with Crippen LogP contribution in [0.2, 0.25) is 0 Å². The van der Waals surface area contributed by atoms with Gasteiger partial charge in [-0.15, -0.1) is 0 Å². The lowest BCUT2D eigenvalue weighted by Crippen LogP contribution is -2.24. The molecule has 2 unspecified atom stereocenters. The fraction of sp³-hybridized carbons (Fsp3) is 1.00. The number of unbranched alkanes of at least 4 members (excludes halogenated alkanes) is 7. The van der Waals surface area contributed by atoms with Crippen molar-refractivity contribution in [2.45, 2.75) is 83.1 Å². The summed E-state index contributed by atoms with van der Waals surface area (Å²) in [6.07, 6.45) is 14.9. The van der Waals surface area contributed by atoms with Gasteiger partial charge in [-0.2, -0.15) is 0 Å². The smallest absolute Gasteiger partial charge is 0.133 e. The molecule has 1 rings (SSSR count). The Hall–Kier alpha value is 0.250. The average molecular weight is 261 g/mol. The molecule has 1 fully saturated rings. The van der Waals surface area contributed by atoms with Crippen molar-refractivity contribution in [3.8, 4) is 0 Å². The molecule has 0 aromatic carbocycles. The molecule has 1 nitrogen and oxygen atoms in total. The minimum absolute atomic E-state index is 0.00620. The Morgan fingerprint density at radius 3 is 2.29 bits per heavy atom. The number of ether oxygens (including phenoxy) is 1. The maximum absolute atomic E-state index is 6.16. The molecule has 1 heterocycles. The van der Waals surface area contributed by atoms with Crippen LogP contribution in [0, 0.1) is 5.92 Å². The van der Waals surface area contributed by atoms with Crippen molar-refractivity contribution in [2.24, 2.45) is 5.92 Å². The summed E-state index contributed by atoms with van der Waals surface area (Å²) in [7, 11) is 0. The Kier molecular flexibility index (Phi) is 9.18. The summed E-state index contributed by atoms with van der Waals surface area (Å²) < 4.78 is 5.48. The van der Waals surface area contributed by atoms with E-state index in [1.54, 1.807) is 0 Å². The maximum Gasteiger partial charge on any atom is 0.133 e. The van der Waals surface area contributed by atoms with Gasteiger partial charge >= 0.3 is 0 Å². The fourth-order valence-corrected chi connectivity index (χ4v) is 2.97. The third kappa shape index (κ3) is 7.31. The first-order valence-electron chi connectivity index (χ1n) is 7.60. The van der Waals surface area contributed by atoms with Crippen molar-refractivity contribution in [1.82, 2.24) is 0 Å². The number of hydrogen-bond acceptors (Lipinski definition) is 1. The molecule has 0 aromatic rings. The molecule has 1 aliphatic rings. The van der Waals surface area contributed by atoms with Gasteiger partial charge in [0, 0.05) is 6.61 Å². The molecule has 0 aromatic heterocycles. The van der Waals surface area contributed by atoms with Crippen molar-refractivity contribution in [3.63, 3.8) is 0 Å². The lowest BCUT2D eigenvalue weighted by atomic mass is 9.95. The van der Waals surface area contributed by atoms with Crippen LogP contribution in [-0.4, -0.2) is 12.2 Å². The van der Waals surface area contributed by atoms with Crippen LogP contribution < -0.4 is 0 Å². The van der Waals surface area contributed by atoms with E-state index < -0.39 is 0 Å². The summed E-state index contributed by atoms with van der Waals surface area (Å²) >= 11 is 6.16. The second kappa shape index (κ2) is 10.2. The van der Waals surface area contributed by atoms with Gasteiger partial charge in [0.2, 0.25) is 0 Å². The Morgan fingerprint density at radius 1 is 1.00 bits per heavy atom. The number of alkyl halides is 1. The lowest BCUT2D eigenvalue weighted by Gasteiger charge is -2.27. The lowest BCUT2D eigenvalue weighted by molar-refractivity contribution is 0.0213. The molecule has 102 valence electrons. The van der Waals surface area contributed by atoms with E-state index in [2.05, 4.69) is 6.92 Å². The highest BCUT2D eigenvalue weighted by Crippen LogP contribution is 2.28. The summed E-state index contributed by atoms with van der Waals surface area (Å²) in [6, 6.07) is 0. The Bertz CT molecular complexity index is 172. The molecule has 0 bridgehead atoms. The number of hydrogen-bond donors (Lipinski definition) is 0. The van der Waals surface area contributed by atoms with Gasteiger partial charge in [-0.1, -0.05) is 69.9 Å². The predicted molar refractivity (Wildman–Crippen MR) is 75.5 cm³/mol. The van der Waals surface area contributed by atoms with E-state index in [0.717, 1.165) is 6.61 Å². The monoisotopic (exact) mass is 260 g/mol. The van der Waals surface area contributed by atoms with Crippen LogP contribution in [-0.2, 0) is 4.74 Å². The Morgan fingerprint density at radius 2 is 1.65 bits per heavy atom. The van der Waals surface area contributed by atoms with Gasteiger partial charge in [-0.25, -0.2) is 0 Å². The van der Waals surface area contributed by atoms with Gasteiger partial charge < -0.3 is 4.74 Å². The van der Waals surface area contributed by atoms with Crippen molar-refractivity contribution in [3.05, 3.63) is 0 Å². The zero-order chi connectivity index (χ0) is 12.3. The molecule has 17 heavy (non-hydrogen) atoms. The second-order valence-corrected chi connectivity index (χ2v) is 5.82. The van der Waals surface area contributed by atoms with Crippen LogP contribution in [0.5, 0.6) is 0 Å². The molecule has 0 amide bonds. The van der Waals surface area contributed by atoms with Crippen molar-refractivity contribution in [1.29, 1.82) is 0 Å². The van der Waals surface area contributed by atoms with E-state index >= 15 is 0 Å². The van der Waals surface area contributed by atoms with Crippen LogP contribution >= 0.6 is 11.6 Å². The normalized spacial score (nSPS) is 25.1. The first kappa shape index (κ1) is 15.3. The maximum atomic E-state index is 6.16. The molecule has 1 aliphatic heterocycles. The summed E-state index contributed by atoms with van der Waals surface area (Å²) in [5, 5.41) is 0. The topological polar surface area (TPSA) is 9.23 Å². The number of halogens is 1. The van der Waals surface area contributed by atoms with Crippen LogP contribution in [0.1, 0.15) is 77.6 Å². The van der Waals surface area contributed by atoms with Gasteiger partial charge in [0.1, 0.15) is 5.56 Å². The van der Waals surface area contributed by atoms with E-state index in [4.69, 9.17) is 16.3 Å².